The van der Waals surface area contributed by atoms with Gasteiger partial charge in [0.2, 0.25) is 0 Å². The highest BCUT2D eigenvalue weighted by Gasteiger charge is 2.18. The second kappa shape index (κ2) is 4.75. The molecule has 0 saturated carbocycles. The predicted octanol–water partition coefficient (Wildman–Crippen LogP) is 2.17. The molecule has 1 unspecified atom stereocenters. The highest BCUT2D eigenvalue weighted by molar-refractivity contribution is 5.61. The maximum atomic E-state index is 8.54. The lowest BCUT2D eigenvalue weighted by molar-refractivity contribution is 0.278. The van der Waals surface area contributed by atoms with Gasteiger partial charge in [0.25, 0.3) is 0 Å². The molecule has 0 amide bonds. The number of ether oxygens (including phenoxy) is 2. The molecule has 0 saturated heterocycles. The van der Waals surface area contributed by atoms with Gasteiger partial charge >= 0.3 is 0 Å². The SMILES string of the molecule is COc1ccc2c(c1)NC(CCC#N)CO2. The minimum Gasteiger partial charge on any atom is -0.497 e. The molecule has 1 heterocycles. The number of anilines is 1. The molecular formula is C12H14N2O2. The van der Waals surface area contributed by atoms with Gasteiger partial charge in [-0.05, 0) is 18.6 Å². The zero-order valence-electron chi connectivity index (χ0n) is 9.19. The van der Waals surface area contributed by atoms with E-state index < -0.39 is 0 Å². The van der Waals surface area contributed by atoms with Crippen LogP contribution in [0.5, 0.6) is 11.5 Å². The Bertz CT molecular complexity index is 412. The molecule has 4 nitrogen and oxygen atoms in total. The molecule has 0 bridgehead atoms. The summed E-state index contributed by atoms with van der Waals surface area (Å²) in [4.78, 5) is 0. The van der Waals surface area contributed by atoms with Crippen LogP contribution in [0.1, 0.15) is 12.8 Å². The number of nitrogens with one attached hydrogen (secondary N) is 1. The molecule has 84 valence electrons. The van der Waals surface area contributed by atoms with Crippen LogP contribution in [-0.2, 0) is 0 Å². The minimum absolute atomic E-state index is 0.208. The van der Waals surface area contributed by atoms with Gasteiger partial charge in [-0.2, -0.15) is 5.26 Å². The number of rotatable bonds is 3. The molecule has 16 heavy (non-hydrogen) atoms. The fraction of sp³-hybridized carbons (Fsp3) is 0.417. The Morgan fingerprint density at radius 2 is 2.50 bits per heavy atom. The molecule has 0 fully saturated rings. The summed E-state index contributed by atoms with van der Waals surface area (Å²) in [5, 5.41) is 11.9. The maximum Gasteiger partial charge on any atom is 0.142 e. The van der Waals surface area contributed by atoms with E-state index in [1.807, 2.05) is 18.2 Å². The van der Waals surface area contributed by atoms with Gasteiger partial charge in [-0.25, -0.2) is 0 Å². The van der Waals surface area contributed by atoms with Gasteiger partial charge < -0.3 is 14.8 Å². The van der Waals surface area contributed by atoms with Crippen LogP contribution in [0, 0.1) is 11.3 Å². The summed E-state index contributed by atoms with van der Waals surface area (Å²) < 4.78 is 10.8. The Morgan fingerprint density at radius 3 is 3.25 bits per heavy atom. The van der Waals surface area contributed by atoms with Crippen molar-refractivity contribution in [3.8, 4) is 17.6 Å². The maximum absolute atomic E-state index is 8.54. The molecule has 4 heteroatoms. The van der Waals surface area contributed by atoms with Crippen molar-refractivity contribution >= 4 is 5.69 Å². The summed E-state index contributed by atoms with van der Waals surface area (Å²) in [6.45, 7) is 0.612. The van der Waals surface area contributed by atoms with Gasteiger partial charge in [0.1, 0.15) is 18.1 Å². The topological polar surface area (TPSA) is 54.3 Å². The molecule has 1 aliphatic heterocycles. The lowest BCUT2D eigenvalue weighted by Crippen LogP contribution is -2.31. The van der Waals surface area contributed by atoms with Crippen molar-refractivity contribution in [1.82, 2.24) is 0 Å². The number of nitriles is 1. The number of benzene rings is 1. The van der Waals surface area contributed by atoms with Crippen LogP contribution in [0.25, 0.3) is 0 Å². The summed E-state index contributed by atoms with van der Waals surface area (Å²) in [7, 11) is 1.64. The van der Waals surface area contributed by atoms with Crippen molar-refractivity contribution in [2.75, 3.05) is 19.0 Å². The van der Waals surface area contributed by atoms with Crippen LogP contribution in [-0.4, -0.2) is 19.8 Å². The first-order chi connectivity index (χ1) is 7.83. The van der Waals surface area contributed by atoms with Crippen molar-refractivity contribution in [3.63, 3.8) is 0 Å². The fourth-order valence-corrected chi connectivity index (χ4v) is 1.72. The standard InChI is InChI=1S/C12H14N2O2/c1-15-10-4-5-12-11(7-10)14-9(8-16-12)3-2-6-13/h4-5,7,9,14H,2-3,8H2,1H3. The Kier molecular flexibility index (Phi) is 3.16. The molecule has 1 aliphatic rings. The first kappa shape index (κ1) is 10.6. The van der Waals surface area contributed by atoms with E-state index in [4.69, 9.17) is 14.7 Å². The lowest BCUT2D eigenvalue weighted by Gasteiger charge is -2.27. The average molecular weight is 218 g/mol. The molecule has 1 atom stereocenters. The number of hydrogen-bond acceptors (Lipinski definition) is 4. The summed E-state index contributed by atoms with van der Waals surface area (Å²) in [5.41, 5.74) is 0.938. The molecular weight excluding hydrogens is 204 g/mol. The summed E-state index contributed by atoms with van der Waals surface area (Å²) in [6, 6.07) is 8.02. The molecule has 2 rings (SSSR count). The van der Waals surface area contributed by atoms with Gasteiger partial charge in [-0.15, -0.1) is 0 Å². The number of nitrogens with zero attached hydrogens (tertiary/aromatic N) is 1. The van der Waals surface area contributed by atoms with Crippen molar-refractivity contribution in [2.45, 2.75) is 18.9 Å². The van der Waals surface area contributed by atoms with E-state index in [9.17, 15) is 0 Å². The van der Waals surface area contributed by atoms with Crippen molar-refractivity contribution < 1.29 is 9.47 Å². The normalized spacial score (nSPS) is 17.6. The number of fused-ring (bicyclic) bond motifs is 1. The summed E-state index contributed by atoms with van der Waals surface area (Å²) in [5.74, 6) is 1.64. The molecule has 0 radical (unpaired) electrons. The Balaban J connectivity index is 2.09. The lowest BCUT2D eigenvalue weighted by atomic mass is 10.1. The molecule has 1 aromatic rings. The number of hydrogen-bond donors (Lipinski definition) is 1. The first-order valence-corrected chi connectivity index (χ1v) is 5.28. The molecule has 0 aromatic heterocycles. The third kappa shape index (κ3) is 2.19. The Morgan fingerprint density at radius 1 is 1.62 bits per heavy atom. The van der Waals surface area contributed by atoms with Crippen LogP contribution in [0.3, 0.4) is 0 Å². The van der Waals surface area contributed by atoms with E-state index >= 15 is 0 Å². The van der Waals surface area contributed by atoms with E-state index in [2.05, 4.69) is 11.4 Å². The van der Waals surface area contributed by atoms with Gasteiger partial charge in [0.15, 0.2) is 0 Å². The highest BCUT2D eigenvalue weighted by Crippen LogP contribution is 2.33. The third-order valence-electron chi connectivity index (χ3n) is 2.59. The highest BCUT2D eigenvalue weighted by atomic mass is 16.5. The molecule has 0 spiro atoms. The second-order valence-corrected chi connectivity index (χ2v) is 3.71. The van der Waals surface area contributed by atoms with Crippen LogP contribution >= 0.6 is 0 Å². The zero-order valence-corrected chi connectivity index (χ0v) is 9.19. The summed E-state index contributed by atoms with van der Waals surface area (Å²) >= 11 is 0. The first-order valence-electron chi connectivity index (χ1n) is 5.28. The van der Waals surface area contributed by atoms with Crippen molar-refractivity contribution in [1.29, 1.82) is 5.26 Å². The van der Waals surface area contributed by atoms with E-state index in [1.165, 1.54) is 0 Å². The van der Waals surface area contributed by atoms with Crippen LogP contribution in [0.2, 0.25) is 0 Å². The minimum atomic E-state index is 0.208. The largest absolute Gasteiger partial charge is 0.497 e. The smallest absolute Gasteiger partial charge is 0.142 e. The van der Waals surface area contributed by atoms with Crippen molar-refractivity contribution in [2.24, 2.45) is 0 Å². The molecule has 0 aliphatic carbocycles. The molecule has 1 N–H and O–H groups in total. The van der Waals surface area contributed by atoms with Crippen LogP contribution in [0.4, 0.5) is 5.69 Å². The van der Waals surface area contributed by atoms with Crippen LogP contribution in [0.15, 0.2) is 18.2 Å². The van der Waals surface area contributed by atoms with Crippen LogP contribution < -0.4 is 14.8 Å². The average Bonchev–Trinajstić information content (AvgIpc) is 2.35. The summed E-state index contributed by atoms with van der Waals surface area (Å²) in [6.07, 6.45) is 1.34. The van der Waals surface area contributed by atoms with Gasteiger partial charge in [0, 0.05) is 12.5 Å². The van der Waals surface area contributed by atoms with E-state index in [1.54, 1.807) is 7.11 Å². The number of methoxy groups -OCH3 is 1. The van der Waals surface area contributed by atoms with E-state index in [0.717, 1.165) is 23.6 Å². The van der Waals surface area contributed by atoms with Gasteiger partial charge in [0.05, 0.1) is 24.9 Å². The monoisotopic (exact) mass is 218 g/mol. The van der Waals surface area contributed by atoms with Gasteiger partial charge in [-0.3, -0.25) is 0 Å². The Hall–Kier alpha value is -1.89. The predicted molar refractivity (Wildman–Crippen MR) is 60.7 cm³/mol. The van der Waals surface area contributed by atoms with E-state index in [-0.39, 0.29) is 6.04 Å². The fourth-order valence-electron chi connectivity index (χ4n) is 1.72. The van der Waals surface area contributed by atoms with Crippen molar-refractivity contribution in [3.05, 3.63) is 18.2 Å². The van der Waals surface area contributed by atoms with Gasteiger partial charge in [-0.1, -0.05) is 0 Å². The quantitative estimate of drug-likeness (QED) is 0.844. The zero-order chi connectivity index (χ0) is 11.4. The second-order valence-electron chi connectivity index (χ2n) is 3.71. The molecule has 1 aromatic carbocycles. The Labute approximate surface area is 94.8 Å². The van der Waals surface area contributed by atoms with E-state index in [0.29, 0.717) is 13.0 Å². The third-order valence-corrected chi connectivity index (χ3v) is 2.59.